The van der Waals surface area contributed by atoms with Crippen molar-refractivity contribution in [1.29, 1.82) is 0 Å². The number of ether oxygens (including phenoxy) is 1. The first-order chi connectivity index (χ1) is 10.9. The molecular formula is C18H27NO4. The number of carboxylic acids is 1. The molecule has 128 valence electrons. The summed E-state index contributed by atoms with van der Waals surface area (Å²) in [4.78, 5) is 24.2. The van der Waals surface area contributed by atoms with E-state index in [4.69, 9.17) is 9.84 Å². The number of amides is 1. The Balaban J connectivity index is 2.32. The second-order valence-electron chi connectivity index (χ2n) is 6.03. The third-order valence-corrected chi connectivity index (χ3v) is 3.79. The van der Waals surface area contributed by atoms with Crippen molar-refractivity contribution in [3.63, 3.8) is 0 Å². The van der Waals surface area contributed by atoms with Crippen molar-refractivity contribution in [3.8, 4) is 5.75 Å². The van der Waals surface area contributed by atoms with E-state index in [9.17, 15) is 9.59 Å². The van der Waals surface area contributed by atoms with E-state index in [-0.39, 0.29) is 12.3 Å². The van der Waals surface area contributed by atoms with E-state index in [0.717, 1.165) is 12.2 Å². The number of carbonyl (C=O) groups excluding carboxylic acids is 1. The van der Waals surface area contributed by atoms with Crippen LogP contribution >= 0.6 is 0 Å². The van der Waals surface area contributed by atoms with E-state index in [1.54, 1.807) is 12.0 Å². The van der Waals surface area contributed by atoms with Crippen LogP contribution in [0, 0.1) is 5.92 Å². The molecule has 0 saturated carbocycles. The van der Waals surface area contributed by atoms with Gasteiger partial charge in [-0.15, -0.1) is 0 Å². The van der Waals surface area contributed by atoms with Crippen molar-refractivity contribution in [1.82, 2.24) is 4.90 Å². The van der Waals surface area contributed by atoms with Gasteiger partial charge in [0.25, 0.3) is 0 Å². The van der Waals surface area contributed by atoms with Gasteiger partial charge in [-0.3, -0.25) is 9.59 Å². The lowest BCUT2D eigenvalue weighted by Crippen LogP contribution is -2.31. The summed E-state index contributed by atoms with van der Waals surface area (Å²) >= 11 is 0. The molecular weight excluding hydrogens is 294 g/mol. The molecule has 1 N–H and O–H groups in total. The average Bonchev–Trinajstić information content (AvgIpc) is 2.51. The number of rotatable bonds is 10. The highest BCUT2D eigenvalue weighted by molar-refractivity contribution is 5.75. The summed E-state index contributed by atoms with van der Waals surface area (Å²) in [5, 5.41) is 8.58. The fourth-order valence-corrected chi connectivity index (χ4v) is 2.54. The van der Waals surface area contributed by atoms with Crippen LogP contribution in [-0.2, 0) is 16.0 Å². The number of aliphatic carboxylic acids is 1. The third-order valence-electron chi connectivity index (χ3n) is 3.79. The maximum atomic E-state index is 12.0. The molecule has 1 aromatic rings. The first kappa shape index (κ1) is 19.0. The van der Waals surface area contributed by atoms with Crippen LogP contribution in [0.4, 0.5) is 0 Å². The van der Waals surface area contributed by atoms with Crippen molar-refractivity contribution in [2.75, 3.05) is 20.7 Å². The Morgan fingerprint density at radius 2 is 1.78 bits per heavy atom. The average molecular weight is 321 g/mol. The van der Waals surface area contributed by atoms with Crippen LogP contribution in [0.2, 0.25) is 0 Å². The van der Waals surface area contributed by atoms with Gasteiger partial charge in [-0.2, -0.15) is 0 Å². The molecule has 0 bridgehead atoms. The van der Waals surface area contributed by atoms with Gasteiger partial charge < -0.3 is 14.7 Å². The van der Waals surface area contributed by atoms with Crippen LogP contribution in [-0.4, -0.2) is 42.6 Å². The van der Waals surface area contributed by atoms with Gasteiger partial charge in [0.1, 0.15) is 5.75 Å². The molecule has 1 aromatic carbocycles. The lowest BCUT2D eigenvalue weighted by Gasteiger charge is -2.22. The lowest BCUT2D eigenvalue weighted by molar-refractivity contribution is -0.137. The Morgan fingerprint density at radius 3 is 2.35 bits per heavy atom. The standard InChI is InChI=1S/C18H27NO4/c1-14(12-15-8-10-16(23-3)11-9-15)13-19(2)17(20)6-4-5-7-18(21)22/h8-11,14H,4-7,12-13H2,1-3H3,(H,21,22). The van der Waals surface area contributed by atoms with E-state index in [0.29, 0.717) is 31.7 Å². The number of methoxy groups -OCH3 is 1. The fraction of sp³-hybridized carbons (Fsp3) is 0.556. The van der Waals surface area contributed by atoms with Gasteiger partial charge in [-0.25, -0.2) is 0 Å². The van der Waals surface area contributed by atoms with Crippen molar-refractivity contribution in [2.45, 2.75) is 39.0 Å². The highest BCUT2D eigenvalue weighted by Gasteiger charge is 2.13. The lowest BCUT2D eigenvalue weighted by atomic mass is 10.0. The topological polar surface area (TPSA) is 66.8 Å². The monoisotopic (exact) mass is 321 g/mol. The third kappa shape index (κ3) is 7.68. The van der Waals surface area contributed by atoms with E-state index >= 15 is 0 Å². The molecule has 1 amide bonds. The predicted molar refractivity (Wildman–Crippen MR) is 89.6 cm³/mol. The second-order valence-corrected chi connectivity index (χ2v) is 6.03. The molecule has 0 heterocycles. The quantitative estimate of drug-likeness (QED) is 0.673. The Hall–Kier alpha value is -2.04. The summed E-state index contributed by atoms with van der Waals surface area (Å²) in [5.41, 5.74) is 1.22. The molecule has 1 unspecified atom stereocenters. The molecule has 1 atom stereocenters. The van der Waals surface area contributed by atoms with Crippen LogP contribution < -0.4 is 4.74 Å². The molecule has 0 radical (unpaired) electrons. The molecule has 5 nitrogen and oxygen atoms in total. The molecule has 0 aromatic heterocycles. The summed E-state index contributed by atoms with van der Waals surface area (Å²) in [7, 11) is 3.46. The van der Waals surface area contributed by atoms with Gasteiger partial charge in [0.15, 0.2) is 0 Å². The van der Waals surface area contributed by atoms with E-state index in [1.165, 1.54) is 5.56 Å². The minimum Gasteiger partial charge on any atom is -0.497 e. The molecule has 0 spiro atoms. The van der Waals surface area contributed by atoms with Crippen molar-refractivity contribution in [2.24, 2.45) is 5.92 Å². The number of benzene rings is 1. The number of hydrogen-bond acceptors (Lipinski definition) is 3. The summed E-state index contributed by atoms with van der Waals surface area (Å²) in [6.07, 6.45) is 2.63. The Labute approximate surface area is 138 Å². The zero-order chi connectivity index (χ0) is 17.2. The molecule has 0 saturated heterocycles. The number of carboxylic acid groups (broad SMARTS) is 1. The number of carbonyl (C=O) groups is 2. The van der Waals surface area contributed by atoms with Crippen LogP contribution in [0.3, 0.4) is 0 Å². The summed E-state index contributed by atoms with van der Waals surface area (Å²) in [6, 6.07) is 7.98. The van der Waals surface area contributed by atoms with Gasteiger partial charge in [0, 0.05) is 26.4 Å². The minimum atomic E-state index is -0.807. The van der Waals surface area contributed by atoms with Gasteiger partial charge in [-0.05, 0) is 42.9 Å². The van der Waals surface area contributed by atoms with Crippen molar-refractivity contribution >= 4 is 11.9 Å². The Bertz CT molecular complexity index is 498. The zero-order valence-corrected chi connectivity index (χ0v) is 14.2. The molecule has 5 heteroatoms. The summed E-state index contributed by atoms with van der Waals surface area (Å²) < 4.78 is 5.14. The second kappa shape index (κ2) is 9.87. The molecule has 0 fully saturated rings. The van der Waals surface area contributed by atoms with Crippen LogP contribution in [0.25, 0.3) is 0 Å². The zero-order valence-electron chi connectivity index (χ0n) is 14.2. The van der Waals surface area contributed by atoms with Crippen LogP contribution in [0.5, 0.6) is 5.75 Å². The van der Waals surface area contributed by atoms with E-state index in [2.05, 4.69) is 6.92 Å². The molecule has 0 aliphatic carbocycles. The first-order valence-corrected chi connectivity index (χ1v) is 8.01. The van der Waals surface area contributed by atoms with Gasteiger partial charge in [0.2, 0.25) is 5.91 Å². The highest BCUT2D eigenvalue weighted by Crippen LogP contribution is 2.15. The first-order valence-electron chi connectivity index (χ1n) is 8.01. The summed E-state index contributed by atoms with van der Waals surface area (Å²) in [6.45, 7) is 2.82. The minimum absolute atomic E-state index is 0.0805. The van der Waals surface area contributed by atoms with E-state index in [1.807, 2.05) is 31.3 Å². The van der Waals surface area contributed by atoms with Crippen LogP contribution in [0.1, 0.15) is 38.2 Å². The molecule has 1 rings (SSSR count). The Kier molecular flexibility index (Phi) is 8.16. The summed E-state index contributed by atoms with van der Waals surface area (Å²) in [5.74, 6) is 0.474. The molecule has 23 heavy (non-hydrogen) atoms. The number of hydrogen-bond donors (Lipinski definition) is 1. The van der Waals surface area contributed by atoms with Crippen molar-refractivity contribution < 1.29 is 19.4 Å². The number of nitrogens with zero attached hydrogens (tertiary/aromatic N) is 1. The molecule has 0 aliphatic heterocycles. The van der Waals surface area contributed by atoms with Crippen LogP contribution in [0.15, 0.2) is 24.3 Å². The largest absolute Gasteiger partial charge is 0.497 e. The highest BCUT2D eigenvalue weighted by atomic mass is 16.5. The van der Waals surface area contributed by atoms with Gasteiger partial charge in [0.05, 0.1) is 7.11 Å². The fourth-order valence-electron chi connectivity index (χ4n) is 2.54. The number of unbranched alkanes of at least 4 members (excludes halogenated alkanes) is 1. The smallest absolute Gasteiger partial charge is 0.303 e. The van der Waals surface area contributed by atoms with Gasteiger partial charge in [-0.1, -0.05) is 19.1 Å². The van der Waals surface area contributed by atoms with Crippen molar-refractivity contribution in [3.05, 3.63) is 29.8 Å². The maximum absolute atomic E-state index is 12.0. The SMILES string of the molecule is COc1ccc(CC(C)CN(C)C(=O)CCCCC(=O)O)cc1. The normalized spacial score (nSPS) is 11.8. The van der Waals surface area contributed by atoms with E-state index < -0.39 is 5.97 Å². The Morgan fingerprint density at radius 1 is 1.17 bits per heavy atom. The maximum Gasteiger partial charge on any atom is 0.303 e. The van der Waals surface area contributed by atoms with Gasteiger partial charge >= 0.3 is 5.97 Å². The molecule has 0 aliphatic rings. The predicted octanol–water partition coefficient (Wildman–Crippen LogP) is 2.98.